The van der Waals surface area contributed by atoms with Crippen LogP contribution in [0.1, 0.15) is 6.42 Å². The minimum Gasteiger partial charge on any atom is -0.486 e. The average molecular weight is 522 g/mol. The molecule has 0 spiro atoms. The van der Waals surface area contributed by atoms with E-state index < -0.39 is 5.82 Å². The van der Waals surface area contributed by atoms with E-state index in [0.717, 1.165) is 6.42 Å². The van der Waals surface area contributed by atoms with Gasteiger partial charge in [0, 0.05) is 36.2 Å². The van der Waals surface area contributed by atoms with Crippen molar-refractivity contribution in [3.05, 3.63) is 59.7 Å². The van der Waals surface area contributed by atoms with E-state index in [1.54, 1.807) is 24.3 Å². The first-order valence-corrected chi connectivity index (χ1v) is 11.1. The number of nitrogens with one attached hydrogen (secondary N) is 2. The molecule has 1 aromatic heterocycles. The van der Waals surface area contributed by atoms with E-state index in [4.69, 9.17) is 21.1 Å². The van der Waals surface area contributed by atoms with Crippen molar-refractivity contribution in [2.24, 2.45) is 0 Å². The molecule has 1 fully saturated rings. The van der Waals surface area contributed by atoms with Crippen molar-refractivity contribution in [1.82, 2.24) is 14.9 Å². The standard InChI is InChI=1S/C24H25ClFN5O3.ClH/c1-31(2)8-3-4-23(32)30-21-11-17-20(12-22(21)34-16-7-9-33-13-16)27-14-28-24(17)29-15-5-6-19(26)18(25)10-15;/h3-6,10-12,14,16H,7-9,13H2,1-2H3,(H,30,32)(H,27,28,29);1H/t16-;/m0./s1. The number of hydrogen-bond donors (Lipinski definition) is 2. The van der Waals surface area contributed by atoms with E-state index in [-0.39, 0.29) is 29.4 Å². The van der Waals surface area contributed by atoms with Gasteiger partial charge in [0.25, 0.3) is 0 Å². The van der Waals surface area contributed by atoms with Crippen molar-refractivity contribution in [2.45, 2.75) is 12.5 Å². The molecule has 1 atom stereocenters. The van der Waals surface area contributed by atoms with Crippen molar-refractivity contribution in [3.63, 3.8) is 0 Å². The lowest BCUT2D eigenvalue weighted by Gasteiger charge is -2.17. The van der Waals surface area contributed by atoms with Gasteiger partial charge in [-0.3, -0.25) is 4.79 Å². The largest absolute Gasteiger partial charge is 0.486 e. The van der Waals surface area contributed by atoms with Crippen LogP contribution in [0.25, 0.3) is 10.9 Å². The molecule has 1 saturated heterocycles. The second-order valence-electron chi connectivity index (χ2n) is 8.10. The summed E-state index contributed by atoms with van der Waals surface area (Å²) in [5.74, 6) is 0.170. The van der Waals surface area contributed by atoms with Crippen LogP contribution in [0.5, 0.6) is 5.75 Å². The number of rotatable bonds is 8. The summed E-state index contributed by atoms with van der Waals surface area (Å²) in [6.45, 7) is 1.75. The quantitative estimate of drug-likeness (QED) is 0.411. The van der Waals surface area contributed by atoms with E-state index in [2.05, 4.69) is 20.6 Å². The maximum atomic E-state index is 13.6. The van der Waals surface area contributed by atoms with E-state index in [9.17, 15) is 9.18 Å². The Kier molecular flexibility index (Phi) is 9.22. The van der Waals surface area contributed by atoms with Crippen LogP contribution in [0.4, 0.5) is 21.6 Å². The van der Waals surface area contributed by atoms with Gasteiger partial charge in [0.1, 0.15) is 29.8 Å². The molecule has 0 radical (unpaired) electrons. The minimum absolute atomic E-state index is 0. The number of fused-ring (bicyclic) bond motifs is 1. The zero-order valence-electron chi connectivity index (χ0n) is 19.3. The summed E-state index contributed by atoms with van der Waals surface area (Å²) >= 11 is 5.91. The maximum Gasteiger partial charge on any atom is 0.248 e. The summed E-state index contributed by atoms with van der Waals surface area (Å²) in [7, 11) is 3.84. The molecule has 0 saturated carbocycles. The molecule has 1 amide bonds. The Morgan fingerprint density at radius 3 is 2.86 bits per heavy atom. The number of carbonyl (C=O) groups excluding carboxylic acids is 1. The molecule has 3 aromatic rings. The molecule has 2 N–H and O–H groups in total. The number of nitrogens with zero attached hydrogens (tertiary/aromatic N) is 3. The third kappa shape index (κ3) is 7.02. The van der Waals surface area contributed by atoms with Crippen LogP contribution in [-0.2, 0) is 9.53 Å². The highest BCUT2D eigenvalue weighted by Crippen LogP contribution is 2.35. The van der Waals surface area contributed by atoms with Crippen LogP contribution in [0.3, 0.4) is 0 Å². The fourth-order valence-electron chi connectivity index (χ4n) is 3.42. The summed E-state index contributed by atoms with van der Waals surface area (Å²) in [5.41, 5.74) is 1.65. The zero-order valence-corrected chi connectivity index (χ0v) is 20.8. The molecule has 2 aromatic carbocycles. The fourth-order valence-corrected chi connectivity index (χ4v) is 3.60. The van der Waals surface area contributed by atoms with Gasteiger partial charge in [-0.1, -0.05) is 17.7 Å². The molecule has 0 bridgehead atoms. The van der Waals surface area contributed by atoms with Crippen LogP contribution >= 0.6 is 24.0 Å². The van der Waals surface area contributed by atoms with Crippen molar-refractivity contribution in [3.8, 4) is 5.75 Å². The van der Waals surface area contributed by atoms with Gasteiger partial charge in [0.05, 0.1) is 29.4 Å². The molecule has 1 aliphatic heterocycles. The van der Waals surface area contributed by atoms with Crippen molar-refractivity contribution < 1.29 is 18.7 Å². The van der Waals surface area contributed by atoms with Crippen LogP contribution < -0.4 is 15.4 Å². The van der Waals surface area contributed by atoms with Crippen molar-refractivity contribution >= 4 is 58.0 Å². The van der Waals surface area contributed by atoms with Crippen molar-refractivity contribution in [2.75, 3.05) is 44.5 Å². The lowest BCUT2D eigenvalue weighted by atomic mass is 10.1. The van der Waals surface area contributed by atoms with Gasteiger partial charge in [-0.2, -0.15) is 0 Å². The smallest absolute Gasteiger partial charge is 0.248 e. The van der Waals surface area contributed by atoms with Gasteiger partial charge < -0.3 is 25.0 Å². The SMILES string of the molecule is CN(C)CC=CC(=O)Nc1cc2c(Nc3ccc(F)c(Cl)c3)ncnc2cc1O[C@H]1CCOC1.Cl. The van der Waals surface area contributed by atoms with Gasteiger partial charge >= 0.3 is 0 Å². The molecule has 4 rings (SSSR count). The van der Waals surface area contributed by atoms with Gasteiger partial charge in [-0.15, -0.1) is 12.4 Å². The predicted molar refractivity (Wildman–Crippen MR) is 138 cm³/mol. The predicted octanol–water partition coefficient (Wildman–Crippen LogP) is 4.81. The zero-order chi connectivity index (χ0) is 24.1. The highest BCUT2D eigenvalue weighted by Gasteiger charge is 2.20. The molecule has 1 aliphatic rings. The van der Waals surface area contributed by atoms with Crippen molar-refractivity contribution in [1.29, 1.82) is 0 Å². The second-order valence-corrected chi connectivity index (χ2v) is 8.51. The number of amides is 1. The van der Waals surface area contributed by atoms with E-state index >= 15 is 0 Å². The third-order valence-electron chi connectivity index (χ3n) is 5.10. The number of likely N-dealkylation sites (N-methyl/N-ethyl adjacent to an activating group) is 1. The Balaban J connectivity index is 0.00000342. The van der Waals surface area contributed by atoms with Gasteiger partial charge in [0.15, 0.2) is 0 Å². The minimum atomic E-state index is -0.509. The Morgan fingerprint density at radius 2 is 2.14 bits per heavy atom. The molecule has 11 heteroatoms. The molecule has 2 heterocycles. The molecular weight excluding hydrogens is 496 g/mol. The summed E-state index contributed by atoms with van der Waals surface area (Å²) < 4.78 is 25.1. The highest BCUT2D eigenvalue weighted by atomic mass is 35.5. The number of ether oxygens (including phenoxy) is 2. The van der Waals surface area contributed by atoms with E-state index in [1.165, 1.54) is 24.5 Å². The van der Waals surface area contributed by atoms with E-state index in [1.807, 2.05) is 19.0 Å². The Bertz CT molecular complexity index is 1220. The number of aromatic nitrogens is 2. The van der Waals surface area contributed by atoms with Gasteiger partial charge in [-0.05, 0) is 38.4 Å². The Labute approximate surface area is 213 Å². The lowest BCUT2D eigenvalue weighted by Crippen LogP contribution is -2.18. The van der Waals surface area contributed by atoms with Gasteiger partial charge in [-0.25, -0.2) is 14.4 Å². The fraction of sp³-hybridized carbons (Fsp3) is 0.292. The number of carbonyl (C=O) groups is 1. The first kappa shape index (κ1) is 26.6. The highest BCUT2D eigenvalue weighted by molar-refractivity contribution is 6.31. The third-order valence-corrected chi connectivity index (χ3v) is 5.39. The number of benzene rings is 2. The summed E-state index contributed by atoms with van der Waals surface area (Å²) in [5, 5.41) is 6.67. The molecule has 8 nitrogen and oxygen atoms in total. The summed E-state index contributed by atoms with van der Waals surface area (Å²) in [6, 6.07) is 7.82. The average Bonchev–Trinajstić information content (AvgIpc) is 3.30. The normalized spacial score (nSPS) is 15.4. The van der Waals surface area contributed by atoms with Crippen LogP contribution in [0, 0.1) is 5.82 Å². The lowest BCUT2D eigenvalue weighted by molar-refractivity contribution is -0.111. The van der Waals surface area contributed by atoms with Gasteiger partial charge in [0.2, 0.25) is 5.91 Å². The second kappa shape index (κ2) is 12.1. The Hall–Kier alpha value is -2.98. The number of halogens is 3. The van der Waals surface area contributed by atoms with Crippen LogP contribution in [0.15, 0.2) is 48.8 Å². The van der Waals surface area contributed by atoms with Crippen LogP contribution in [0.2, 0.25) is 5.02 Å². The number of hydrogen-bond acceptors (Lipinski definition) is 7. The first-order chi connectivity index (χ1) is 16.4. The first-order valence-electron chi connectivity index (χ1n) is 10.8. The molecule has 186 valence electrons. The summed E-state index contributed by atoms with van der Waals surface area (Å²) in [6.07, 6.45) is 5.32. The van der Waals surface area contributed by atoms with E-state index in [0.29, 0.717) is 53.6 Å². The van der Waals surface area contributed by atoms with Crippen LogP contribution in [-0.4, -0.2) is 60.7 Å². The monoisotopic (exact) mass is 521 g/mol. The maximum absolute atomic E-state index is 13.6. The molecule has 35 heavy (non-hydrogen) atoms. The topological polar surface area (TPSA) is 88.6 Å². The summed E-state index contributed by atoms with van der Waals surface area (Å²) in [4.78, 5) is 23.2. The molecule has 0 aliphatic carbocycles. The number of anilines is 3. The molecule has 0 unspecified atom stereocenters. The Morgan fingerprint density at radius 1 is 1.31 bits per heavy atom. The molecular formula is C24H26Cl2FN5O3.